The second kappa shape index (κ2) is 10.5. The molecule has 1 aliphatic heterocycles. The highest BCUT2D eigenvalue weighted by Crippen LogP contribution is 2.46. The zero-order valence-corrected chi connectivity index (χ0v) is 21.7. The van der Waals surface area contributed by atoms with Gasteiger partial charge in [-0.05, 0) is 91.8 Å². The van der Waals surface area contributed by atoms with E-state index in [2.05, 4.69) is 30.0 Å². The van der Waals surface area contributed by atoms with E-state index in [1.807, 2.05) is 12.1 Å². The number of anilines is 1. The molecule has 36 heavy (non-hydrogen) atoms. The van der Waals surface area contributed by atoms with E-state index in [4.69, 9.17) is 16.3 Å². The first-order valence-electron chi connectivity index (χ1n) is 13.3. The maximum atomic E-state index is 11.8. The number of aromatic carboxylic acids is 1. The summed E-state index contributed by atoms with van der Waals surface area (Å²) in [6.45, 7) is 4.21. The maximum absolute atomic E-state index is 11.8. The molecule has 0 aromatic heterocycles. The fourth-order valence-corrected chi connectivity index (χ4v) is 6.54. The maximum Gasteiger partial charge on any atom is 0.335 e. The van der Waals surface area contributed by atoms with Gasteiger partial charge in [0.2, 0.25) is 0 Å². The van der Waals surface area contributed by atoms with Gasteiger partial charge in [-0.2, -0.15) is 0 Å². The number of ether oxygens (including phenoxy) is 1. The van der Waals surface area contributed by atoms with Gasteiger partial charge in [-0.15, -0.1) is 0 Å². The van der Waals surface area contributed by atoms with E-state index in [-0.39, 0.29) is 16.9 Å². The number of fused-ring (bicyclic) bond motifs is 3. The Balaban J connectivity index is 1.48. The summed E-state index contributed by atoms with van der Waals surface area (Å²) < 4.78 is 6.44. The number of halogens is 1. The van der Waals surface area contributed by atoms with E-state index in [9.17, 15) is 15.0 Å². The van der Waals surface area contributed by atoms with E-state index in [0.29, 0.717) is 12.5 Å². The number of allylic oxidation sites excluding steroid dienone is 1. The van der Waals surface area contributed by atoms with Crippen molar-refractivity contribution in [2.45, 2.75) is 63.4 Å². The van der Waals surface area contributed by atoms with Gasteiger partial charge in [0.05, 0.1) is 24.0 Å². The smallest absolute Gasteiger partial charge is 0.335 e. The quantitative estimate of drug-likeness (QED) is 0.431. The van der Waals surface area contributed by atoms with Crippen molar-refractivity contribution in [1.29, 1.82) is 0 Å². The third kappa shape index (κ3) is 4.88. The molecular formula is C30H36ClNO4. The van der Waals surface area contributed by atoms with Crippen LogP contribution in [0.3, 0.4) is 0 Å². The van der Waals surface area contributed by atoms with Crippen LogP contribution in [0.4, 0.5) is 5.69 Å². The van der Waals surface area contributed by atoms with Crippen molar-refractivity contribution >= 4 is 23.3 Å². The molecule has 1 spiro atoms. The Labute approximate surface area is 218 Å². The standard InChI is InChI=1S/C30H36ClNO4/c1-2-3-4-7-27(33)24-11-8-22(24)17-32-18-30(14-5-6-20-15-23(31)10-12-25(20)30)19-36-28-13-9-21(29(34)35)16-26(28)32/h4,7,9-10,12-13,15-16,22,24,27,33H,2-3,5-6,8,11,14,17-19H2,1H3,(H,34,35)/t22-,24-,27-,30-/m0/s1. The van der Waals surface area contributed by atoms with Gasteiger partial charge in [0.15, 0.2) is 0 Å². The van der Waals surface area contributed by atoms with E-state index in [1.54, 1.807) is 18.2 Å². The minimum Gasteiger partial charge on any atom is -0.490 e. The largest absolute Gasteiger partial charge is 0.490 e. The van der Waals surface area contributed by atoms with Gasteiger partial charge in [-0.1, -0.05) is 43.2 Å². The fourth-order valence-electron chi connectivity index (χ4n) is 6.35. The van der Waals surface area contributed by atoms with Crippen molar-refractivity contribution in [2.75, 3.05) is 24.6 Å². The van der Waals surface area contributed by atoms with Gasteiger partial charge < -0.3 is 19.8 Å². The third-order valence-electron chi connectivity index (χ3n) is 8.44. The van der Waals surface area contributed by atoms with Crippen LogP contribution >= 0.6 is 11.6 Å². The van der Waals surface area contributed by atoms with Gasteiger partial charge >= 0.3 is 5.97 Å². The summed E-state index contributed by atoms with van der Waals surface area (Å²) in [5, 5.41) is 21.3. The molecule has 0 unspecified atom stereocenters. The lowest BCUT2D eigenvalue weighted by atomic mass is 9.68. The van der Waals surface area contributed by atoms with Crippen LogP contribution in [0.25, 0.3) is 0 Å². The molecule has 2 aliphatic carbocycles. The minimum absolute atomic E-state index is 0.195. The molecule has 6 heteroatoms. The van der Waals surface area contributed by atoms with Crippen LogP contribution in [0.2, 0.25) is 5.02 Å². The van der Waals surface area contributed by atoms with E-state index >= 15 is 0 Å². The normalized spacial score (nSPS) is 26.0. The Hall–Kier alpha value is -2.50. The van der Waals surface area contributed by atoms with Crippen molar-refractivity contribution in [2.24, 2.45) is 11.8 Å². The highest BCUT2D eigenvalue weighted by atomic mass is 35.5. The molecule has 2 aromatic rings. The third-order valence-corrected chi connectivity index (χ3v) is 8.68. The molecule has 2 aromatic carbocycles. The molecule has 2 N–H and O–H groups in total. The Morgan fingerprint density at radius 1 is 1.28 bits per heavy atom. The Bertz CT molecular complexity index is 1150. The van der Waals surface area contributed by atoms with Crippen LogP contribution in [0.5, 0.6) is 5.75 Å². The first-order chi connectivity index (χ1) is 17.4. The predicted octanol–water partition coefficient (Wildman–Crippen LogP) is 6.25. The molecule has 0 amide bonds. The lowest BCUT2D eigenvalue weighted by Gasteiger charge is -2.45. The van der Waals surface area contributed by atoms with Crippen LogP contribution in [0.15, 0.2) is 48.6 Å². The number of carboxylic acid groups (broad SMARTS) is 1. The van der Waals surface area contributed by atoms with Gasteiger partial charge in [-0.25, -0.2) is 4.79 Å². The van der Waals surface area contributed by atoms with Gasteiger partial charge in [-0.3, -0.25) is 0 Å². The molecule has 0 bridgehead atoms. The Morgan fingerprint density at radius 2 is 2.14 bits per heavy atom. The van der Waals surface area contributed by atoms with E-state index in [1.165, 1.54) is 11.1 Å². The van der Waals surface area contributed by atoms with Crippen LogP contribution in [0, 0.1) is 11.8 Å². The lowest BCUT2D eigenvalue weighted by molar-refractivity contribution is 0.0456. The van der Waals surface area contributed by atoms with Crippen molar-refractivity contribution in [3.63, 3.8) is 0 Å². The Morgan fingerprint density at radius 3 is 2.89 bits per heavy atom. The number of nitrogens with zero attached hydrogens (tertiary/aromatic N) is 1. The molecule has 192 valence electrons. The number of benzene rings is 2. The van der Waals surface area contributed by atoms with Gasteiger partial charge in [0, 0.05) is 23.5 Å². The number of hydrogen-bond acceptors (Lipinski definition) is 4. The number of aliphatic hydroxyl groups is 1. The number of carbonyl (C=O) groups is 1. The minimum atomic E-state index is -0.938. The molecule has 0 saturated heterocycles. The Kier molecular flexibility index (Phi) is 7.32. The average molecular weight is 510 g/mol. The molecular weight excluding hydrogens is 474 g/mol. The summed E-state index contributed by atoms with van der Waals surface area (Å²) in [7, 11) is 0. The summed E-state index contributed by atoms with van der Waals surface area (Å²) in [6, 6.07) is 11.4. The van der Waals surface area contributed by atoms with Crippen LogP contribution in [-0.4, -0.2) is 42.0 Å². The monoisotopic (exact) mass is 509 g/mol. The molecule has 3 aliphatic rings. The number of aliphatic hydroxyl groups excluding tert-OH is 1. The second-order valence-electron chi connectivity index (χ2n) is 10.8. The molecule has 5 rings (SSSR count). The summed E-state index contributed by atoms with van der Waals surface area (Å²) >= 11 is 6.34. The summed E-state index contributed by atoms with van der Waals surface area (Å²) in [5.74, 6) is 0.363. The number of aryl methyl sites for hydroxylation is 1. The van der Waals surface area contributed by atoms with Crippen molar-refractivity contribution in [3.05, 3.63) is 70.3 Å². The SMILES string of the molecule is CCCC=C[C@H](O)[C@H]1CC[C@H]1CN1C[C@@]2(CCCc3cc(Cl)ccc32)COc2ccc(C(=O)O)cc21. The fraction of sp³-hybridized carbons (Fsp3) is 0.500. The number of hydrogen-bond donors (Lipinski definition) is 2. The molecule has 1 saturated carbocycles. The summed E-state index contributed by atoms with van der Waals surface area (Å²) in [6.07, 6.45) is 10.8. The topological polar surface area (TPSA) is 70.0 Å². The lowest BCUT2D eigenvalue weighted by Crippen LogP contribution is -2.49. The molecule has 5 nitrogen and oxygen atoms in total. The van der Waals surface area contributed by atoms with Crippen molar-refractivity contribution in [1.82, 2.24) is 0 Å². The molecule has 4 atom stereocenters. The predicted molar refractivity (Wildman–Crippen MR) is 143 cm³/mol. The highest BCUT2D eigenvalue weighted by Gasteiger charge is 2.44. The zero-order chi connectivity index (χ0) is 25.3. The van der Waals surface area contributed by atoms with Crippen molar-refractivity contribution in [3.8, 4) is 5.75 Å². The number of carboxylic acids is 1. The van der Waals surface area contributed by atoms with Gasteiger partial charge in [0.1, 0.15) is 5.75 Å². The molecule has 1 heterocycles. The molecule has 1 fully saturated rings. The summed E-state index contributed by atoms with van der Waals surface area (Å²) in [5.41, 5.74) is 3.49. The zero-order valence-electron chi connectivity index (χ0n) is 21.0. The van der Waals surface area contributed by atoms with E-state index in [0.717, 1.165) is 74.5 Å². The van der Waals surface area contributed by atoms with Gasteiger partial charge in [0.25, 0.3) is 0 Å². The first-order valence-corrected chi connectivity index (χ1v) is 13.7. The van der Waals surface area contributed by atoms with E-state index < -0.39 is 12.1 Å². The summed E-state index contributed by atoms with van der Waals surface area (Å²) in [4.78, 5) is 14.2. The highest BCUT2D eigenvalue weighted by molar-refractivity contribution is 6.30. The first kappa shape index (κ1) is 25.2. The number of unbranched alkanes of at least 4 members (excludes halogenated alkanes) is 1. The average Bonchev–Trinajstić information content (AvgIpc) is 2.99. The second-order valence-corrected chi connectivity index (χ2v) is 11.2. The van der Waals surface area contributed by atoms with Crippen LogP contribution < -0.4 is 9.64 Å². The van der Waals surface area contributed by atoms with Crippen LogP contribution in [-0.2, 0) is 11.8 Å². The molecule has 0 radical (unpaired) electrons. The van der Waals surface area contributed by atoms with Crippen molar-refractivity contribution < 1.29 is 19.7 Å². The van der Waals surface area contributed by atoms with Crippen LogP contribution in [0.1, 0.15) is 66.9 Å². The number of rotatable bonds is 7.